The van der Waals surface area contributed by atoms with Gasteiger partial charge >= 0.3 is 0 Å². The van der Waals surface area contributed by atoms with Crippen LogP contribution in [-0.4, -0.2) is 40.6 Å². The number of unbranched alkanes of at least 4 members (excludes halogenated alkanes) is 1. The molecule has 0 radical (unpaired) electrons. The van der Waals surface area contributed by atoms with Crippen LogP contribution >= 0.6 is 0 Å². The number of nitrogens with two attached hydrogens (primary N) is 1. The quantitative estimate of drug-likeness (QED) is 0.565. The van der Waals surface area contributed by atoms with Gasteiger partial charge < -0.3 is 9.47 Å². The summed E-state index contributed by atoms with van der Waals surface area (Å²) < 4.78 is 31.1. The van der Waals surface area contributed by atoms with Crippen LogP contribution in [0.2, 0.25) is 0 Å². The normalized spacial score (nSPS) is 11.9. The summed E-state index contributed by atoms with van der Waals surface area (Å²) in [6, 6.07) is 0. The van der Waals surface area contributed by atoms with E-state index < -0.39 is 10.0 Å². The molecule has 0 aliphatic heterocycles. The first-order valence-corrected chi connectivity index (χ1v) is 6.43. The first-order chi connectivity index (χ1) is 6.56. The fraction of sp³-hybridized carbons (Fsp3) is 1.00. The van der Waals surface area contributed by atoms with Crippen molar-refractivity contribution in [1.82, 2.24) is 0 Å². The van der Waals surface area contributed by atoms with Gasteiger partial charge in [0.25, 0.3) is 0 Å². The molecule has 0 bridgehead atoms. The molecule has 0 aromatic carbocycles. The van der Waals surface area contributed by atoms with Crippen LogP contribution in [-0.2, 0) is 19.5 Å². The summed E-state index contributed by atoms with van der Waals surface area (Å²) in [7, 11) is -3.39. The highest BCUT2D eigenvalue weighted by atomic mass is 32.2. The van der Waals surface area contributed by atoms with Crippen LogP contribution in [0.3, 0.4) is 0 Å². The van der Waals surface area contributed by atoms with E-state index in [0.717, 1.165) is 19.4 Å². The fourth-order valence-electron chi connectivity index (χ4n) is 0.743. The van der Waals surface area contributed by atoms with E-state index in [2.05, 4.69) is 6.92 Å². The minimum atomic E-state index is -3.39. The zero-order chi connectivity index (χ0) is 10.9. The summed E-state index contributed by atoms with van der Waals surface area (Å²) in [5.41, 5.74) is 0. The third-order valence-electron chi connectivity index (χ3n) is 1.53. The Kier molecular flexibility index (Phi) is 8.07. The van der Waals surface area contributed by atoms with Gasteiger partial charge in [-0.15, -0.1) is 0 Å². The van der Waals surface area contributed by atoms with E-state index >= 15 is 0 Å². The van der Waals surface area contributed by atoms with Gasteiger partial charge in [0.1, 0.15) is 0 Å². The average Bonchev–Trinajstić information content (AvgIpc) is 2.08. The minimum absolute atomic E-state index is 0.135. The molecular weight excluding hydrogens is 206 g/mol. The Morgan fingerprint density at radius 1 is 1.07 bits per heavy atom. The Bertz CT molecular complexity index is 215. The number of ether oxygens (including phenoxy) is 2. The highest BCUT2D eigenvalue weighted by Crippen LogP contribution is 1.88. The molecule has 0 unspecified atom stereocenters. The number of hydrogen-bond acceptors (Lipinski definition) is 4. The summed E-state index contributed by atoms with van der Waals surface area (Å²) in [4.78, 5) is 0. The molecule has 0 aliphatic carbocycles. The maximum absolute atomic E-state index is 10.5. The molecule has 0 rings (SSSR count). The molecule has 0 saturated carbocycles. The van der Waals surface area contributed by atoms with Gasteiger partial charge in [-0.2, -0.15) is 0 Å². The van der Waals surface area contributed by atoms with Crippen molar-refractivity contribution in [1.29, 1.82) is 0 Å². The van der Waals surface area contributed by atoms with Crippen molar-refractivity contribution < 1.29 is 17.9 Å². The van der Waals surface area contributed by atoms with Crippen molar-refractivity contribution in [3.63, 3.8) is 0 Å². The Labute approximate surface area is 85.6 Å². The molecule has 14 heavy (non-hydrogen) atoms. The van der Waals surface area contributed by atoms with Crippen molar-refractivity contribution in [2.45, 2.75) is 19.8 Å². The number of rotatable bonds is 9. The SMILES string of the molecule is CCCCOCCOCCS(N)(=O)=O. The molecule has 0 amide bonds. The van der Waals surface area contributed by atoms with Crippen molar-refractivity contribution in [2.24, 2.45) is 5.14 Å². The van der Waals surface area contributed by atoms with E-state index in [1.165, 1.54) is 0 Å². The first kappa shape index (κ1) is 13.8. The summed E-state index contributed by atoms with van der Waals surface area (Å²) >= 11 is 0. The van der Waals surface area contributed by atoms with Gasteiger partial charge in [-0.25, -0.2) is 13.6 Å². The largest absolute Gasteiger partial charge is 0.379 e. The van der Waals surface area contributed by atoms with E-state index in [-0.39, 0.29) is 12.4 Å². The molecule has 2 N–H and O–H groups in total. The lowest BCUT2D eigenvalue weighted by Gasteiger charge is -2.04. The van der Waals surface area contributed by atoms with Gasteiger partial charge in [0.15, 0.2) is 0 Å². The lowest BCUT2D eigenvalue weighted by molar-refractivity contribution is 0.0523. The molecule has 86 valence electrons. The summed E-state index contributed by atoms with van der Waals surface area (Å²) in [5.74, 6) is -0.137. The lowest BCUT2D eigenvalue weighted by Crippen LogP contribution is -2.21. The van der Waals surface area contributed by atoms with Crippen LogP contribution in [0.15, 0.2) is 0 Å². The van der Waals surface area contributed by atoms with Crippen molar-refractivity contribution in [3.05, 3.63) is 0 Å². The Morgan fingerprint density at radius 3 is 2.14 bits per heavy atom. The highest BCUT2D eigenvalue weighted by molar-refractivity contribution is 7.89. The summed E-state index contributed by atoms with van der Waals surface area (Å²) in [6.07, 6.45) is 2.14. The van der Waals surface area contributed by atoms with Gasteiger partial charge in [-0.05, 0) is 6.42 Å². The lowest BCUT2D eigenvalue weighted by atomic mass is 10.4. The van der Waals surface area contributed by atoms with Gasteiger partial charge in [-0.3, -0.25) is 0 Å². The second kappa shape index (κ2) is 8.16. The van der Waals surface area contributed by atoms with Crippen molar-refractivity contribution in [2.75, 3.05) is 32.2 Å². The molecule has 5 nitrogen and oxygen atoms in total. The Morgan fingerprint density at radius 2 is 1.64 bits per heavy atom. The maximum Gasteiger partial charge on any atom is 0.211 e. The van der Waals surface area contributed by atoms with Gasteiger partial charge in [0.05, 0.1) is 25.6 Å². The van der Waals surface area contributed by atoms with Gasteiger partial charge in [-0.1, -0.05) is 13.3 Å². The fourth-order valence-corrected chi connectivity index (χ4v) is 1.09. The third-order valence-corrected chi connectivity index (χ3v) is 2.26. The van der Waals surface area contributed by atoms with Crippen LogP contribution < -0.4 is 5.14 Å². The smallest absolute Gasteiger partial charge is 0.211 e. The number of primary sulfonamides is 1. The second-order valence-corrected chi connectivity index (χ2v) is 4.68. The molecule has 6 heteroatoms. The van der Waals surface area contributed by atoms with E-state index in [0.29, 0.717) is 13.2 Å². The molecule has 0 spiro atoms. The summed E-state index contributed by atoms with van der Waals surface area (Å²) in [5, 5.41) is 4.78. The van der Waals surface area contributed by atoms with Crippen molar-refractivity contribution >= 4 is 10.0 Å². The van der Waals surface area contributed by atoms with Crippen LogP contribution in [0.1, 0.15) is 19.8 Å². The zero-order valence-corrected chi connectivity index (χ0v) is 9.38. The zero-order valence-electron chi connectivity index (χ0n) is 8.57. The van der Waals surface area contributed by atoms with Crippen LogP contribution in [0, 0.1) is 0 Å². The Balaban J connectivity index is 3.07. The van der Waals surface area contributed by atoms with E-state index in [9.17, 15) is 8.42 Å². The van der Waals surface area contributed by atoms with E-state index in [1.807, 2.05) is 0 Å². The standard InChI is InChI=1S/C8H19NO4S/c1-2-3-4-12-5-6-13-7-8-14(9,10)11/h2-8H2,1H3,(H2,9,10,11). The number of hydrogen-bond donors (Lipinski definition) is 1. The van der Waals surface area contributed by atoms with Crippen molar-refractivity contribution in [3.8, 4) is 0 Å². The van der Waals surface area contributed by atoms with E-state index in [4.69, 9.17) is 14.6 Å². The molecule has 0 saturated heterocycles. The van der Waals surface area contributed by atoms with Gasteiger partial charge in [0.2, 0.25) is 10.0 Å². The average molecular weight is 225 g/mol. The minimum Gasteiger partial charge on any atom is -0.379 e. The second-order valence-electron chi connectivity index (χ2n) is 2.95. The van der Waals surface area contributed by atoms with Crippen LogP contribution in [0.5, 0.6) is 0 Å². The molecule has 0 atom stereocenters. The topological polar surface area (TPSA) is 78.6 Å². The molecule has 0 fully saturated rings. The molecule has 0 aromatic heterocycles. The summed E-state index contributed by atoms with van der Waals surface area (Å²) in [6.45, 7) is 3.88. The first-order valence-electron chi connectivity index (χ1n) is 4.72. The number of sulfonamides is 1. The van der Waals surface area contributed by atoms with Crippen LogP contribution in [0.4, 0.5) is 0 Å². The molecular formula is C8H19NO4S. The van der Waals surface area contributed by atoms with E-state index in [1.54, 1.807) is 0 Å². The monoisotopic (exact) mass is 225 g/mol. The molecule has 0 aliphatic rings. The molecule has 0 heterocycles. The maximum atomic E-state index is 10.5. The van der Waals surface area contributed by atoms with Crippen LogP contribution in [0.25, 0.3) is 0 Å². The molecule has 0 aromatic rings. The predicted octanol–water partition coefficient (Wildman–Crippen LogP) is 0.108. The van der Waals surface area contributed by atoms with Gasteiger partial charge in [0, 0.05) is 6.61 Å². The Hall–Kier alpha value is -0.170. The third kappa shape index (κ3) is 11.8. The highest BCUT2D eigenvalue weighted by Gasteiger charge is 2.01. The predicted molar refractivity (Wildman–Crippen MR) is 54.5 cm³/mol.